The second-order valence-electron chi connectivity index (χ2n) is 8.12. The average molecular weight is 391 g/mol. The highest BCUT2D eigenvalue weighted by atomic mass is 16.5. The third-order valence-corrected chi connectivity index (χ3v) is 5.86. The van der Waals surface area contributed by atoms with Crippen molar-refractivity contribution in [3.8, 4) is 11.3 Å². The number of rotatable bonds is 5. The van der Waals surface area contributed by atoms with E-state index < -0.39 is 0 Å². The minimum Gasteiger partial charge on any atom is -0.383 e. The Kier molecular flexibility index (Phi) is 4.70. The van der Waals surface area contributed by atoms with Gasteiger partial charge in [-0.3, -0.25) is 9.78 Å². The number of pyridine rings is 3. The van der Waals surface area contributed by atoms with Gasteiger partial charge in [0.25, 0.3) is 0 Å². The summed E-state index contributed by atoms with van der Waals surface area (Å²) in [6.07, 6.45) is 5.99. The van der Waals surface area contributed by atoms with Gasteiger partial charge in [0.2, 0.25) is 5.91 Å². The predicted molar refractivity (Wildman–Crippen MR) is 113 cm³/mol. The summed E-state index contributed by atoms with van der Waals surface area (Å²) in [5.41, 5.74) is 8.58. The smallest absolute Gasteiger partial charge is 0.229 e. The van der Waals surface area contributed by atoms with Crippen molar-refractivity contribution >= 4 is 28.3 Å². The van der Waals surface area contributed by atoms with E-state index in [9.17, 15) is 4.79 Å². The van der Waals surface area contributed by atoms with Crippen LogP contribution in [-0.4, -0.2) is 33.6 Å². The Hall–Kier alpha value is -3.06. The first kappa shape index (κ1) is 19.3. The van der Waals surface area contributed by atoms with Crippen LogP contribution in [0, 0.1) is 18.8 Å². The molecule has 1 amide bonds. The number of methoxy groups -OCH3 is 1. The highest BCUT2D eigenvalue weighted by Gasteiger charge is 2.52. The predicted octanol–water partition coefficient (Wildman–Crippen LogP) is 3.58. The number of nitrogen functional groups attached to an aromatic ring is 1. The molecule has 0 radical (unpaired) electrons. The van der Waals surface area contributed by atoms with Crippen molar-refractivity contribution < 1.29 is 9.53 Å². The first-order valence-corrected chi connectivity index (χ1v) is 9.63. The van der Waals surface area contributed by atoms with Crippen LogP contribution >= 0.6 is 0 Å². The van der Waals surface area contributed by atoms with E-state index in [1.54, 1.807) is 25.7 Å². The van der Waals surface area contributed by atoms with Gasteiger partial charge in [0.15, 0.2) is 0 Å². The summed E-state index contributed by atoms with van der Waals surface area (Å²) in [6.45, 7) is 6.03. The Bertz CT molecular complexity index is 1100. The highest BCUT2D eigenvalue weighted by Crippen LogP contribution is 2.48. The number of fused-ring (bicyclic) bond motifs is 1. The Morgan fingerprint density at radius 2 is 2.10 bits per heavy atom. The van der Waals surface area contributed by atoms with Crippen LogP contribution < -0.4 is 11.1 Å². The van der Waals surface area contributed by atoms with Crippen LogP contribution in [0.15, 0.2) is 36.8 Å². The van der Waals surface area contributed by atoms with E-state index in [1.165, 1.54) is 0 Å². The molecule has 7 nitrogen and oxygen atoms in total. The fourth-order valence-electron chi connectivity index (χ4n) is 3.74. The number of nitrogens with one attached hydrogen (secondary N) is 1. The molecule has 3 aromatic heterocycles. The lowest BCUT2D eigenvalue weighted by molar-refractivity contribution is -0.118. The van der Waals surface area contributed by atoms with Crippen LogP contribution in [-0.2, 0) is 9.53 Å². The van der Waals surface area contributed by atoms with Crippen LogP contribution in [0.25, 0.3) is 22.0 Å². The summed E-state index contributed by atoms with van der Waals surface area (Å²) in [5, 5.41) is 4.55. The van der Waals surface area contributed by atoms with Crippen molar-refractivity contribution in [2.24, 2.45) is 11.8 Å². The number of aromatic nitrogens is 3. The molecule has 7 heteroatoms. The molecule has 3 aromatic rings. The second kappa shape index (κ2) is 7.08. The standard InChI is InChI=1S/C22H25N5O2/c1-12-5-6-24-10-15(12)18-7-13-8-19(25-11-16(13)20(23)26-18)27-21(28)14-9-17(14)22(2,3)29-4/h5-8,10-11,14,17H,9H2,1-4H3,(H2,23,26)(H,25,27,28)/t14-,17?/m0/s1. The van der Waals surface area contributed by atoms with Gasteiger partial charge in [-0.05, 0) is 62.3 Å². The number of nitrogens with zero attached hydrogens (tertiary/aromatic N) is 3. The summed E-state index contributed by atoms with van der Waals surface area (Å²) in [7, 11) is 1.68. The van der Waals surface area contributed by atoms with Crippen molar-refractivity contribution in [2.75, 3.05) is 18.2 Å². The van der Waals surface area contributed by atoms with Crippen molar-refractivity contribution in [3.05, 3.63) is 42.4 Å². The monoisotopic (exact) mass is 391 g/mol. The van der Waals surface area contributed by atoms with Crippen molar-refractivity contribution in [2.45, 2.75) is 32.8 Å². The maximum atomic E-state index is 12.6. The van der Waals surface area contributed by atoms with Gasteiger partial charge in [0.1, 0.15) is 11.6 Å². The zero-order chi connectivity index (χ0) is 20.8. The fourth-order valence-corrected chi connectivity index (χ4v) is 3.74. The topological polar surface area (TPSA) is 103 Å². The van der Waals surface area contributed by atoms with Gasteiger partial charge in [-0.15, -0.1) is 0 Å². The molecular weight excluding hydrogens is 366 g/mol. The van der Waals surface area contributed by atoms with Crippen LogP contribution in [0.4, 0.5) is 11.6 Å². The summed E-state index contributed by atoms with van der Waals surface area (Å²) >= 11 is 0. The Labute approximate surface area is 169 Å². The van der Waals surface area contributed by atoms with Crippen LogP contribution in [0.1, 0.15) is 25.8 Å². The Morgan fingerprint density at radius 1 is 1.31 bits per heavy atom. The van der Waals surface area contributed by atoms with E-state index in [-0.39, 0.29) is 23.3 Å². The number of hydrogen-bond acceptors (Lipinski definition) is 6. The molecule has 0 spiro atoms. The molecule has 3 N–H and O–H groups in total. The lowest BCUT2D eigenvalue weighted by atomic mass is 10.0. The van der Waals surface area contributed by atoms with Gasteiger partial charge in [0.05, 0.1) is 11.3 Å². The van der Waals surface area contributed by atoms with E-state index in [4.69, 9.17) is 10.5 Å². The molecule has 2 atom stereocenters. The summed E-state index contributed by atoms with van der Waals surface area (Å²) in [6, 6.07) is 5.71. The van der Waals surface area contributed by atoms with Gasteiger partial charge in [0, 0.05) is 42.6 Å². The van der Waals surface area contributed by atoms with E-state index in [1.807, 2.05) is 39.0 Å². The SMILES string of the molecule is COC(C)(C)C1C[C@@H]1C(=O)Nc1cc2cc(-c3cnccc3C)nc(N)c2cn1. The molecule has 0 aromatic carbocycles. The fraction of sp³-hybridized carbons (Fsp3) is 0.364. The normalized spacial score (nSPS) is 18.6. The van der Waals surface area contributed by atoms with Crippen LogP contribution in [0.2, 0.25) is 0 Å². The molecule has 0 aliphatic heterocycles. The van der Waals surface area contributed by atoms with E-state index in [2.05, 4.69) is 20.3 Å². The van der Waals surface area contributed by atoms with Gasteiger partial charge in [-0.2, -0.15) is 0 Å². The average Bonchev–Trinajstić information content (AvgIpc) is 3.50. The molecule has 0 saturated heterocycles. The molecule has 3 heterocycles. The number of ether oxygens (including phenoxy) is 1. The Balaban J connectivity index is 1.61. The number of hydrogen-bond donors (Lipinski definition) is 2. The molecule has 1 fully saturated rings. The number of carbonyl (C=O) groups excluding carboxylic acids is 1. The first-order valence-electron chi connectivity index (χ1n) is 9.63. The maximum Gasteiger partial charge on any atom is 0.229 e. The molecular formula is C22H25N5O2. The molecule has 1 unspecified atom stereocenters. The molecule has 1 saturated carbocycles. The molecule has 4 rings (SSSR count). The molecule has 1 aliphatic rings. The lowest BCUT2D eigenvalue weighted by Gasteiger charge is -2.22. The number of nitrogens with two attached hydrogens (primary N) is 1. The quantitative estimate of drug-likeness (QED) is 0.689. The van der Waals surface area contributed by atoms with Gasteiger partial charge in [-0.25, -0.2) is 9.97 Å². The number of carbonyl (C=O) groups is 1. The first-order chi connectivity index (χ1) is 13.8. The molecule has 0 bridgehead atoms. The van der Waals surface area contributed by atoms with E-state index in [0.29, 0.717) is 11.6 Å². The van der Waals surface area contributed by atoms with Crippen molar-refractivity contribution in [1.82, 2.24) is 15.0 Å². The molecule has 29 heavy (non-hydrogen) atoms. The largest absolute Gasteiger partial charge is 0.383 e. The number of aryl methyl sites for hydroxylation is 1. The lowest BCUT2D eigenvalue weighted by Crippen LogP contribution is -2.28. The summed E-state index contributed by atoms with van der Waals surface area (Å²) < 4.78 is 5.51. The van der Waals surface area contributed by atoms with Crippen LogP contribution in [0.3, 0.4) is 0 Å². The van der Waals surface area contributed by atoms with E-state index in [0.717, 1.165) is 34.0 Å². The minimum absolute atomic E-state index is 0.0302. The molecule has 150 valence electrons. The summed E-state index contributed by atoms with van der Waals surface area (Å²) in [4.78, 5) is 25.7. The molecule has 1 aliphatic carbocycles. The Morgan fingerprint density at radius 3 is 2.83 bits per heavy atom. The van der Waals surface area contributed by atoms with E-state index >= 15 is 0 Å². The second-order valence-corrected chi connectivity index (χ2v) is 8.12. The third kappa shape index (κ3) is 3.65. The van der Waals surface area contributed by atoms with Crippen LogP contribution in [0.5, 0.6) is 0 Å². The minimum atomic E-state index is -0.310. The van der Waals surface area contributed by atoms with Gasteiger partial charge >= 0.3 is 0 Å². The zero-order valence-corrected chi connectivity index (χ0v) is 17.1. The summed E-state index contributed by atoms with van der Waals surface area (Å²) in [5.74, 6) is 1.03. The maximum absolute atomic E-state index is 12.6. The third-order valence-electron chi connectivity index (χ3n) is 5.86. The van der Waals surface area contributed by atoms with Gasteiger partial charge in [-0.1, -0.05) is 0 Å². The van der Waals surface area contributed by atoms with Crippen molar-refractivity contribution in [1.29, 1.82) is 0 Å². The highest BCUT2D eigenvalue weighted by molar-refractivity contribution is 5.98. The van der Waals surface area contributed by atoms with Gasteiger partial charge < -0.3 is 15.8 Å². The zero-order valence-electron chi connectivity index (χ0n) is 17.1. The number of anilines is 2. The van der Waals surface area contributed by atoms with Crippen molar-refractivity contribution in [3.63, 3.8) is 0 Å². The number of amides is 1.